The molecule has 0 amide bonds. The summed E-state index contributed by atoms with van der Waals surface area (Å²) in [6.07, 6.45) is 6.47. The molecule has 20 heavy (non-hydrogen) atoms. The van der Waals surface area contributed by atoms with Crippen molar-refractivity contribution in [2.75, 3.05) is 13.1 Å². The van der Waals surface area contributed by atoms with E-state index in [0.717, 1.165) is 12.5 Å². The molecule has 2 unspecified atom stereocenters. The molecule has 2 fully saturated rings. The van der Waals surface area contributed by atoms with Crippen LogP contribution < -0.4 is 0 Å². The first-order valence-electron chi connectivity index (χ1n) is 7.37. The van der Waals surface area contributed by atoms with Crippen molar-refractivity contribution in [3.05, 3.63) is 33.8 Å². The highest BCUT2D eigenvalue weighted by atomic mass is 35.5. The predicted octanol–water partition coefficient (Wildman–Crippen LogP) is 4.44. The number of Topliss-reactive ketones (excluding diaryl/α,β-unsaturated/α-hetero) is 1. The van der Waals surface area contributed by atoms with E-state index in [0.29, 0.717) is 28.2 Å². The van der Waals surface area contributed by atoms with E-state index >= 15 is 0 Å². The molecule has 0 N–H and O–H groups in total. The Hall–Kier alpha value is -0.570. The van der Waals surface area contributed by atoms with Gasteiger partial charge in [0.25, 0.3) is 0 Å². The van der Waals surface area contributed by atoms with Crippen LogP contribution in [-0.2, 0) is 0 Å². The quantitative estimate of drug-likeness (QED) is 0.769. The molecule has 2 aliphatic rings. The van der Waals surface area contributed by atoms with Crippen molar-refractivity contribution in [2.45, 2.75) is 38.1 Å². The van der Waals surface area contributed by atoms with Crippen molar-refractivity contribution >= 4 is 29.0 Å². The molecule has 108 valence electrons. The number of carbonyl (C=O) groups excluding carboxylic acids is 1. The molecule has 1 aliphatic heterocycles. The van der Waals surface area contributed by atoms with Crippen molar-refractivity contribution in [3.63, 3.8) is 0 Å². The summed E-state index contributed by atoms with van der Waals surface area (Å²) >= 11 is 12.0. The number of carbonyl (C=O) groups is 1. The fourth-order valence-electron chi connectivity index (χ4n) is 3.68. The molecule has 4 heteroatoms. The molecule has 0 spiro atoms. The molecule has 1 aromatic rings. The van der Waals surface area contributed by atoms with E-state index in [1.165, 1.54) is 32.1 Å². The average molecular weight is 312 g/mol. The summed E-state index contributed by atoms with van der Waals surface area (Å²) in [7, 11) is 0. The van der Waals surface area contributed by atoms with Crippen molar-refractivity contribution in [2.24, 2.45) is 5.92 Å². The van der Waals surface area contributed by atoms with Crippen LogP contribution in [0.5, 0.6) is 0 Å². The van der Waals surface area contributed by atoms with E-state index in [2.05, 4.69) is 4.90 Å². The maximum absolute atomic E-state index is 12.4. The number of ketones is 1. The van der Waals surface area contributed by atoms with Gasteiger partial charge in [-0.3, -0.25) is 9.69 Å². The minimum absolute atomic E-state index is 0.109. The Kier molecular flexibility index (Phi) is 4.34. The number of nitrogens with zero attached hydrogens (tertiary/aromatic N) is 1. The number of likely N-dealkylation sites (tertiary alicyclic amines) is 1. The van der Waals surface area contributed by atoms with Gasteiger partial charge in [0.1, 0.15) is 0 Å². The van der Waals surface area contributed by atoms with E-state index in [1.807, 2.05) is 0 Å². The second-order valence-corrected chi connectivity index (χ2v) is 6.76. The largest absolute Gasteiger partial charge is 0.293 e. The third-order valence-electron chi connectivity index (χ3n) is 4.70. The highest BCUT2D eigenvalue weighted by Gasteiger charge is 2.36. The van der Waals surface area contributed by atoms with E-state index in [1.54, 1.807) is 18.2 Å². The standard InChI is InChI=1S/C16H19Cl2NO/c17-12-5-6-13(14(18)9-12)16(20)10-19-8-7-11-3-1-2-4-15(11)19/h5-6,9,11,15H,1-4,7-8,10H2. The summed E-state index contributed by atoms with van der Waals surface area (Å²) in [6.45, 7) is 1.54. The molecule has 3 rings (SSSR count). The fraction of sp³-hybridized carbons (Fsp3) is 0.562. The van der Waals surface area contributed by atoms with Crippen molar-refractivity contribution in [3.8, 4) is 0 Å². The molecular formula is C16H19Cl2NO. The Labute approximate surface area is 130 Å². The Morgan fingerprint density at radius 2 is 2.00 bits per heavy atom. The van der Waals surface area contributed by atoms with Crippen LogP contribution in [0.2, 0.25) is 10.0 Å². The number of hydrogen-bond donors (Lipinski definition) is 0. The van der Waals surface area contributed by atoms with E-state index < -0.39 is 0 Å². The zero-order valence-electron chi connectivity index (χ0n) is 11.4. The van der Waals surface area contributed by atoms with Crippen LogP contribution in [-0.4, -0.2) is 29.8 Å². The highest BCUT2D eigenvalue weighted by Crippen LogP contribution is 2.36. The summed E-state index contributed by atoms with van der Waals surface area (Å²) in [6, 6.07) is 5.72. The Balaban J connectivity index is 1.69. The smallest absolute Gasteiger partial charge is 0.178 e. The van der Waals surface area contributed by atoms with Crippen LogP contribution in [0.3, 0.4) is 0 Å². The number of benzene rings is 1. The summed E-state index contributed by atoms with van der Waals surface area (Å²) in [4.78, 5) is 14.8. The van der Waals surface area contributed by atoms with E-state index in [-0.39, 0.29) is 5.78 Å². The molecule has 2 nitrogen and oxygen atoms in total. The third kappa shape index (κ3) is 2.88. The normalized spacial score (nSPS) is 26.5. The molecule has 0 aromatic heterocycles. The number of hydrogen-bond acceptors (Lipinski definition) is 2. The SMILES string of the molecule is O=C(CN1CCC2CCCCC21)c1ccc(Cl)cc1Cl. The molecule has 1 saturated carbocycles. The second kappa shape index (κ2) is 6.05. The number of fused-ring (bicyclic) bond motifs is 1. The van der Waals surface area contributed by atoms with Crippen LogP contribution in [0.4, 0.5) is 0 Å². The lowest BCUT2D eigenvalue weighted by molar-refractivity contribution is 0.0896. The second-order valence-electron chi connectivity index (χ2n) is 5.92. The molecule has 0 bridgehead atoms. The monoisotopic (exact) mass is 311 g/mol. The first-order valence-corrected chi connectivity index (χ1v) is 8.13. The fourth-order valence-corrected chi connectivity index (χ4v) is 4.20. The predicted molar refractivity (Wildman–Crippen MR) is 82.7 cm³/mol. The van der Waals surface area contributed by atoms with Gasteiger partial charge in [-0.1, -0.05) is 36.0 Å². The number of halogens is 2. The minimum Gasteiger partial charge on any atom is -0.293 e. The first kappa shape index (κ1) is 14.4. The van der Waals surface area contributed by atoms with Gasteiger partial charge in [-0.15, -0.1) is 0 Å². The third-order valence-corrected chi connectivity index (χ3v) is 5.25. The van der Waals surface area contributed by atoms with Gasteiger partial charge in [0.2, 0.25) is 0 Å². The summed E-state index contributed by atoms with van der Waals surface area (Å²) in [5.41, 5.74) is 0.593. The van der Waals surface area contributed by atoms with Crippen LogP contribution in [0, 0.1) is 5.92 Å². The summed E-state index contributed by atoms with van der Waals surface area (Å²) in [5, 5.41) is 1.03. The first-order chi connectivity index (χ1) is 9.65. The molecule has 1 saturated heterocycles. The highest BCUT2D eigenvalue weighted by molar-refractivity contribution is 6.36. The Morgan fingerprint density at radius 3 is 2.80 bits per heavy atom. The van der Waals surface area contributed by atoms with Gasteiger partial charge >= 0.3 is 0 Å². The van der Waals surface area contributed by atoms with Gasteiger partial charge in [-0.25, -0.2) is 0 Å². The molecular weight excluding hydrogens is 293 g/mol. The molecule has 0 radical (unpaired) electrons. The average Bonchev–Trinajstić information content (AvgIpc) is 2.82. The molecule has 2 atom stereocenters. The summed E-state index contributed by atoms with van der Waals surface area (Å²) in [5.74, 6) is 0.912. The van der Waals surface area contributed by atoms with E-state index in [4.69, 9.17) is 23.2 Å². The van der Waals surface area contributed by atoms with Crippen LogP contribution in [0.1, 0.15) is 42.5 Å². The van der Waals surface area contributed by atoms with Crippen LogP contribution in [0.25, 0.3) is 0 Å². The van der Waals surface area contributed by atoms with Crippen molar-refractivity contribution in [1.82, 2.24) is 4.90 Å². The Bertz CT molecular complexity index is 517. The lowest BCUT2D eigenvalue weighted by Gasteiger charge is -2.31. The number of rotatable bonds is 3. The molecule has 1 aliphatic carbocycles. The minimum atomic E-state index is 0.109. The lowest BCUT2D eigenvalue weighted by atomic mass is 9.85. The maximum Gasteiger partial charge on any atom is 0.178 e. The van der Waals surface area contributed by atoms with Gasteiger partial charge in [0.15, 0.2) is 5.78 Å². The lowest BCUT2D eigenvalue weighted by Crippen LogP contribution is -2.38. The molecule has 1 heterocycles. The van der Waals surface area contributed by atoms with Gasteiger partial charge < -0.3 is 0 Å². The zero-order chi connectivity index (χ0) is 14.1. The van der Waals surface area contributed by atoms with Crippen LogP contribution in [0.15, 0.2) is 18.2 Å². The van der Waals surface area contributed by atoms with Gasteiger partial charge in [0, 0.05) is 16.6 Å². The summed E-state index contributed by atoms with van der Waals surface area (Å²) < 4.78 is 0. The van der Waals surface area contributed by atoms with Crippen molar-refractivity contribution < 1.29 is 4.79 Å². The molecule has 1 aromatic carbocycles. The van der Waals surface area contributed by atoms with Gasteiger partial charge in [-0.2, -0.15) is 0 Å². The van der Waals surface area contributed by atoms with Crippen molar-refractivity contribution in [1.29, 1.82) is 0 Å². The van der Waals surface area contributed by atoms with Crippen LogP contribution >= 0.6 is 23.2 Å². The zero-order valence-corrected chi connectivity index (χ0v) is 13.0. The van der Waals surface area contributed by atoms with Gasteiger partial charge in [0.05, 0.1) is 11.6 Å². The van der Waals surface area contributed by atoms with E-state index in [9.17, 15) is 4.79 Å². The Morgan fingerprint density at radius 1 is 1.20 bits per heavy atom. The topological polar surface area (TPSA) is 20.3 Å². The van der Waals surface area contributed by atoms with Gasteiger partial charge in [-0.05, 0) is 49.9 Å². The maximum atomic E-state index is 12.4.